The molecule has 0 aliphatic heterocycles. The molecule has 1 amide bonds. The van der Waals surface area contributed by atoms with Crippen LogP contribution in [0.5, 0.6) is 0 Å². The third kappa shape index (κ3) is 4.52. The van der Waals surface area contributed by atoms with Gasteiger partial charge in [-0.1, -0.05) is 11.6 Å². The van der Waals surface area contributed by atoms with Gasteiger partial charge in [0, 0.05) is 0 Å². The first-order valence-corrected chi connectivity index (χ1v) is 9.61. The predicted molar refractivity (Wildman–Crippen MR) is 92.9 cm³/mol. The van der Waals surface area contributed by atoms with E-state index in [-0.39, 0.29) is 21.4 Å². The third-order valence-corrected chi connectivity index (χ3v) is 5.84. The number of carbonyl (C=O) groups excluding carboxylic acids is 2. The summed E-state index contributed by atoms with van der Waals surface area (Å²) in [6, 6.07) is 5.62. The van der Waals surface area contributed by atoms with Crippen molar-refractivity contribution in [2.75, 3.05) is 13.7 Å². The lowest BCUT2D eigenvalue weighted by atomic mass is 9.98. The van der Waals surface area contributed by atoms with Crippen LogP contribution in [-0.2, 0) is 19.6 Å². The van der Waals surface area contributed by atoms with E-state index < -0.39 is 34.0 Å². The van der Waals surface area contributed by atoms with E-state index in [1.807, 2.05) is 0 Å². The van der Waals surface area contributed by atoms with Crippen LogP contribution in [0.25, 0.3) is 0 Å². The Kier molecular flexibility index (Phi) is 5.91. The number of nitrogens with zero attached hydrogens (tertiary/aromatic N) is 1. The van der Waals surface area contributed by atoms with Gasteiger partial charge in [-0.2, -0.15) is 5.26 Å². The van der Waals surface area contributed by atoms with Crippen molar-refractivity contribution >= 4 is 33.5 Å². The molecule has 2 N–H and O–H groups in total. The quantitative estimate of drug-likeness (QED) is 0.664. The Hall–Kier alpha value is -2.15. The van der Waals surface area contributed by atoms with Gasteiger partial charge < -0.3 is 10.1 Å². The van der Waals surface area contributed by atoms with Crippen molar-refractivity contribution in [1.29, 1.82) is 5.26 Å². The van der Waals surface area contributed by atoms with Gasteiger partial charge in [0.05, 0.1) is 21.6 Å². The molecule has 8 nitrogen and oxygen atoms in total. The standard InChI is InChI=1S/C16H18ClN3O5S/c1-16(9-18,10-3-4-10)20-14(21)8-25-15(22)12-7-11(5-6-13(12)17)26(23,24)19-2/h5-7,10,19H,3-4,8H2,1-2H3,(H,20,21)/t16-/m0/s1. The molecule has 10 heteroatoms. The summed E-state index contributed by atoms with van der Waals surface area (Å²) in [5, 5.41) is 11.8. The molecule has 0 radical (unpaired) electrons. The number of halogens is 1. The average molecular weight is 400 g/mol. The minimum Gasteiger partial charge on any atom is -0.452 e. The highest BCUT2D eigenvalue weighted by Crippen LogP contribution is 2.39. The number of nitriles is 1. The van der Waals surface area contributed by atoms with Crippen LogP contribution in [-0.4, -0.2) is 39.5 Å². The normalized spacial score (nSPS) is 16.2. The predicted octanol–water partition coefficient (Wildman–Crippen LogP) is 1.21. The number of ether oxygens (including phenoxy) is 1. The van der Waals surface area contributed by atoms with E-state index in [0.717, 1.165) is 18.9 Å². The Morgan fingerprint density at radius 3 is 2.62 bits per heavy atom. The van der Waals surface area contributed by atoms with Crippen LogP contribution in [0, 0.1) is 17.2 Å². The van der Waals surface area contributed by atoms with Crippen molar-refractivity contribution in [3.63, 3.8) is 0 Å². The number of amides is 1. The van der Waals surface area contributed by atoms with Gasteiger partial charge in [-0.3, -0.25) is 4.79 Å². The number of nitrogens with one attached hydrogen (secondary N) is 2. The first-order valence-electron chi connectivity index (χ1n) is 7.75. The van der Waals surface area contributed by atoms with E-state index >= 15 is 0 Å². The highest BCUT2D eigenvalue weighted by molar-refractivity contribution is 7.89. The van der Waals surface area contributed by atoms with E-state index in [1.165, 1.54) is 19.2 Å². The molecule has 1 aromatic rings. The maximum absolute atomic E-state index is 12.2. The first-order chi connectivity index (χ1) is 12.1. The maximum atomic E-state index is 12.2. The van der Waals surface area contributed by atoms with E-state index in [1.54, 1.807) is 6.92 Å². The second-order valence-electron chi connectivity index (χ2n) is 6.06. The zero-order valence-electron chi connectivity index (χ0n) is 14.2. The fraction of sp³-hybridized carbons (Fsp3) is 0.438. The van der Waals surface area contributed by atoms with Gasteiger partial charge in [0.15, 0.2) is 6.61 Å². The molecule has 1 atom stereocenters. The summed E-state index contributed by atoms with van der Waals surface area (Å²) in [6.07, 6.45) is 1.71. The Labute approximate surface area is 156 Å². The Bertz CT molecular complexity index is 876. The molecule has 0 saturated heterocycles. The van der Waals surface area contributed by atoms with E-state index in [2.05, 4.69) is 16.1 Å². The largest absolute Gasteiger partial charge is 0.452 e. The lowest BCUT2D eigenvalue weighted by Crippen LogP contribution is -2.48. The molecule has 1 fully saturated rings. The zero-order valence-corrected chi connectivity index (χ0v) is 15.8. The van der Waals surface area contributed by atoms with E-state index in [4.69, 9.17) is 16.3 Å². The van der Waals surface area contributed by atoms with E-state index in [0.29, 0.717) is 0 Å². The van der Waals surface area contributed by atoms with Gasteiger partial charge in [0.1, 0.15) is 5.54 Å². The molecule has 1 aliphatic carbocycles. The van der Waals surface area contributed by atoms with Gasteiger partial charge in [0.25, 0.3) is 5.91 Å². The summed E-state index contributed by atoms with van der Waals surface area (Å²) in [5.41, 5.74) is -1.18. The summed E-state index contributed by atoms with van der Waals surface area (Å²) in [4.78, 5) is 24.0. The lowest BCUT2D eigenvalue weighted by Gasteiger charge is -2.22. The average Bonchev–Trinajstić information content (AvgIpc) is 3.45. The Morgan fingerprint density at radius 1 is 1.42 bits per heavy atom. The molecule has 0 spiro atoms. The van der Waals surface area contributed by atoms with Gasteiger partial charge in [-0.15, -0.1) is 0 Å². The van der Waals surface area contributed by atoms with Gasteiger partial charge in [-0.25, -0.2) is 17.9 Å². The molecule has 1 aromatic carbocycles. The smallest absolute Gasteiger partial charge is 0.340 e. The van der Waals surface area contributed by atoms with E-state index in [9.17, 15) is 23.3 Å². The number of esters is 1. The van der Waals surface area contributed by atoms with Gasteiger partial charge in [0.2, 0.25) is 10.0 Å². The Morgan fingerprint density at radius 2 is 2.08 bits per heavy atom. The fourth-order valence-electron chi connectivity index (χ4n) is 2.36. The van der Waals surface area contributed by atoms with Gasteiger partial charge >= 0.3 is 5.97 Å². The van der Waals surface area contributed by atoms with Crippen LogP contribution < -0.4 is 10.0 Å². The topological polar surface area (TPSA) is 125 Å². The number of benzene rings is 1. The second kappa shape index (κ2) is 7.61. The minimum absolute atomic E-state index is 0.00898. The number of rotatable bonds is 7. The third-order valence-electron chi connectivity index (χ3n) is 4.10. The van der Waals surface area contributed by atoms with Crippen molar-refractivity contribution in [2.45, 2.75) is 30.2 Å². The molecule has 1 aliphatic rings. The summed E-state index contributed by atoms with van der Waals surface area (Å²) in [6.45, 7) is 1.01. The van der Waals surface area contributed by atoms with Crippen LogP contribution in [0.2, 0.25) is 5.02 Å². The summed E-state index contributed by atoms with van der Waals surface area (Å²) >= 11 is 5.92. The molecule has 26 heavy (non-hydrogen) atoms. The molecule has 0 unspecified atom stereocenters. The molecular formula is C16H18ClN3O5S. The van der Waals surface area contributed by atoms with Crippen molar-refractivity contribution in [3.05, 3.63) is 28.8 Å². The summed E-state index contributed by atoms with van der Waals surface area (Å²) in [5.74, 6) is -1.47. The van der Waals surface area contributed by atoms with Crippen LogP contribution in [0.15, 0.2) is 23.1 Å². The van der Waals surface area contributed by atoms with Crippen molar-refractivity contribution in [3.8, 4) is 6.07 Å². The molecule has 0 heterocycles. The number of hydrogen-bond donors (Lipinski definition) is 2. The molecule has 140 valence electrons. The molecule has 0 aromatic heterocycles. The van der Waals surface area contributed by atoms with Crippen molar-refractivity contribution < 1.29 is 22.7 Å². The first kappa shape index (κ1) is 20.2. The SMILES string of the molecule is CNS(=O)(=O)c1ccc(Cl)c(C(=O)OCC(=O)N[C@@](C)(C#N)C2CC2)c1. The lowest BCUT2D eigenvalue weighted by molar-refractivity contribution is -0.125. The number of sulfonamides is 1. The monoisotopic (exact) mass is 399 g/mol. The summed E-state index contributed by atoms with van der Waals surface area (Å²) in [7, 11) is -2.53. The number of carbonyl (C=O) groups is 2. The van der Waals surface area contributed by atoms with Gasteiger partial charge in [-0.05, 0) is 50.9 Å². The number of hydrogen-bond acceptors (Lipinski definition) is 6. The zero-order chi connectivity index (χ0) is 19.5. The van der Waals surface area contributed by atoms with Crippen molar-refractivity contribution in [1.82, 2.24) is 10.0 Å². The highest BCUT2D eigenvalue weighted by atomic mass is 35.5. The highest BCUT2D eigenvalue weighted by Gasteiger charge is 2.43. The maximum Gasteiger partial charge on any atom is 0.340 e. The van der Waals surface area contributed by atoms with Crippen LogP contribution in [0.4, 0.5) is 0 Å². The molecular weight excluding hydrogens is 382 g/mol. The van der Waals surface area contributed by atoms with Crippen LogP contribution in [0.3, 0.4) is 0 Å². The van der Waals surface area contributed by atoms with Crippen LogP contribution >= 0.6 is 11.6 Å². The van der Waals surface area contributed by atoms with Crippen LogP contribution in [0.1, 0.15) is 30.1 Å². The Balaban J connectivity index is 2.05. The molecule has 1 saturated carbocycles. The second-order valence-corrected chi connectivity index (χ2v) is 8.36. The molecule has 0 bridgehead atoms. The fourth-order valence-corrected chi connectivity index (χ4v) is 3.31. The van der Waals surface area contributed by atoms with Crippen molar-refractivity contribution in [2.24, 2.45) is 5.92 Å². The summed E-state index contributed by atoms with van der Waals surface area (Å²) < 4.78 is 30.6. The minimum atomic E-state index is -3.76. The molecule has 2 rings (SSSR count).